The third-order valence-electron chi connectivity index (χ3n) is 4.65. The zero-order chi connectivity index (χ0) is 16.3. The van der Waals surface area contributed by atoms with Gasteiger partial charge in [-0.15, -0.1) is 0 Å². The fourth-order valence-electron chi connectivity index (χ4n) is 3.20. The van der Waals surface area contributed by atoms with Crippen molar-refractivity contribution in [2.75, 3.05) is 27.2 Å². The summed E-state index contributed by atoms with van der Waals surface area (Å²) in [7, 11) is 4.17. The summed E-state index contributed by atoms with van der Waals surface area (Å²) in [6.07, 6.45) is 3.05. The molecule has 122 valence electrons. The first-order valence-electron chi connectivity index (χ1n) is 8.11. The minimum atomic E-state index is -0.166. The van der Waals surface area contributed by atoms with Crippen LogP contribution in [-0.4, -0.2) is 53.5 Å². The molecule has 2 rings (SSSR count). The van der Waals surface area contributed by atoms with E-state index in [4.69, 9.17) is 0 Å². The quantitative estimate of drug-likeness (QED) is 0.854. The van der Waals surface area contributed by atoms with Crippen molar-refractivity contribution in [3.05, 3.63) is 33.7 Å². The highest BCUT2D eigenvalue weighted by molar-refractivity contribution is 5.93. The van der Waals surface area contributed by atoms with Crippen LogP contribution in [0.3, 0.4) is 0 Å². The number of amides is 1. The van der Waals surface area contributed by atoms with Crippen molar-refractivity contribution in [1.82, 2.24) is 14.4 Å². The van der Waals surface area contributed by atoms with Crippen LogP contribution in [0, 0.1) is 6.92 Å². The Morgan fingerprint density at radius 1 is 1.27 bits per heavy atom. The molecule has 1 saturated heterocycles. The third kappa shape index (κ3) is 3.40. The molecule has 0 N–H and O–H groups in total. The molecule has 1 fully saturated rings. The van der Waals surface area contributed by atoms with Crippen molar-refractivity contribution in [2.24, 2.45) is 0 Å². The van der Waals surface area contributed by atoms with Crippen molar-refractivity contribution in [3.8, 4) is 0 Å². The third-order valence-corrected chi connectivity index (χ3v) is 4.65. The van der Waals surface area contributed by atoms with Crippen LogP contribution in [0.2, 0.25) is 0 Å². The van der Waals surface area contributed by atoms with Gasteiger partial charge in [-0.25, -0.2) is 0 Å². The summed E-state index contributed by atoms with van der Waals surface area (Å²) in [5.41, 5.74) is 1.03. The van der Waals surface area contributed by atoms with E-state index in [0.29, 0.717) is 18.2 Å². The zero-order valence-electron chi connectivity index (χ0n) is 14.1. The maximum atomic E-state index is 12.7. The molecule has 5 nitrogen and oxygen atoms in total. The van der Waals surface area contributed by atoms with Crippen molar-refractivity contribution < 1.29 is 4.79 Å². The highest BCUT2D eigenvalue weighted by Crippen LogP contribution is 2.16. The van der Waals surface area contributed by atoms with Gasteiger partial charge in [0, 0.05) is 31.4 Å². The van der Waals surface area contributed by atoms with Gasteiger partial charge in [0.15, 0.2) is 0 Å². The van der Waals surface area contributed by atoms with Crippen LogP contribution in [0.4, 0.5) is 0 Å². The van der Waals surface area contributed by atoms with E-state index >= 15 is 0 Å². The highest BCUT2D eigenvalue weighted by Gasteiger charge is 2.24. The number of aryl methyl sites for hydroxylation is 1. The molecule has 0 aliphatic carbocycles. The fraction of sp³-hybridized carbons (Fsp3) is 0.647. The Labute approximate surface area is 132 Å². The van der Waals surface area contributed by atoms with Gasteiger partial charge in [-0.3, -0.25) is 9.59 Å². The predicted octanol–water partition coefficient (Wildman–Crippen LogP) is 1.73. The van der Waals surface area contributed by atoms with Gasteiger partial charge in [0.1, 0.15) is 5.56 Å². The van der Waals surface area contributed by atoms with Gasteiger partial charge in [0.2, 0.25) is 0 Å². The number of hydrogen-bond donors (Lipinski definition) is 0. The number of likely N-dealkylation sites (tertiary alicyclic amines) is 1. The minimum absolute atomic E-state index is 0.119. The van der Waals surface area contributed by atoms with Crippen LogP contribution in [0.1, 0.15) is 42.2 Å². The molecule has 1 aromatic rings. The molecule has 22 heavy (non-hydrogen) atoms. The van der Waals surface area contributed by atoms with Crippen molar-refractivity contribution in [3.63, 3.8) is 0 Å². The van der Waals surface area contributed by atoms with E-state index in [-0.39, 0.29) is 11.5 Å². The summed E-state index contributed by atoms with van der Waals surface area (Å²) < 4.78 is 1.66. The summed E-state index contributed by atoms with van der Waals surface area (Å²) in [6, 6.07) is 4.06. The molecular formula is C17H27N3O2. The highest BCUT2D eigenvalue weighted by atomic mass is 16.2. The van der Waals surface area contributed by atoms with Gasteiger partial charge in [-0.05, 0) is 59.3 Å². The Morgan fingerprint density at radius 3 is 2.64 bits per heavy atom. The summed E-state index contributed by atoms with van der Waals surface area (Å²) in [4.78, 5) is 29.3. The monoisotopic (exact) mass is 305 g/mol. The Kier molecular flexibility index (Phi) is 5.40. The molecule has 1 aromatic heterocycles. The number of pyridine rings is 1. The van der Waals surface area contributed by atoms with E-state index in [1.165, 1.54) is 0 Å². The number of carbonyl (C=O) groups is 1. The number of carbonyl (C=O) groups excluding carboxylic acids is 1. The molecule has 0 spiro atoms. The average molecular weight is 305 g/mol. The van der Waals surface area contributed by atoms with Gasteiger partial charge in [0.05, 0.1) is 0 Å². The Balaban J connectivity index is 2.20. The van der Waals surface area contributed by atoms with Crippen LogP contribution in [0.5, 0.6) is 0 Å². The maximum Gasteiger partial charge on any atom is 0.263 e. The van der Waals surface area contributed by atoms with Crippen molar-refractivity contribution in [1.29, 1.82) is 0 Å². The van der Waals surface area contributed by atoms with Crippen molar-refractivity contribution in [2.45, 2.75) is 45.7 Å². The molecule has 1 aliphatic heterocycles. The second-order valence-electron chi connectivity index (χ2n) is 6.28. The average Bonchev–Trinajstić information content (AvgIpc) is 2.73. The van der Waals surface area contributed by atoms with E-state index in [1.807, 2.05) is 24.8 Å². The summed E-state index contributed by atoms with van der Waals surface area (Å²) in [6.45, 7) is 5.88. The lowest BCUT2D eigenvalue weighted by atomic mass is 10.1. The first-order valence-corrected chi connectivity index (χ1v) is 8.11. The van der Waals surface area contributed by atoms with Gasteiger partial charge in [-0.2, -0.15) is 0 Å². The smallest absolute Gasteiger partial charge is 0.263 e. The molecule has 0 aromatic carbocycles. The van der Waals surface area contributed by atoms with Crippen LogP contribution < -0.4 is 5.56 Å². The number of rotatable bonds is 3. The van der Waals surface area contributed by atoms with E-state index in [0.717, 1.165) is 38.0 Å². The summed E-state index contributed by atoms with van der Waals surface area (Å²) in [5.74, 6) is -0.119. The van der Waals surface area contributed by atoms with Gasteiger partial charge >= 0.3 is 0 Å². The van der Waals surface area contributed by atoms with Crippen LogP contribution in [-0.2, 0) is 6.54 Å². The van der Waals surface area contributed by atoms with Crippen molar-refractivity contribution >= 4 is 5.91 Å². The van der Waals surface area contributed by atoms with Gasteiger partial charge in [-0.1, -0.05) is 0 Å². The zero-order valence-corrected chi connectivity index (χ0v) is 14.1. The topological polar surface area (TPSA) is 45.6 Å². The Morgan fingerprint density at radius 2 is 2.00 bits per heavy atom. The van der Waals surface area contributed by atoms with E-state index in [1.54, 1.807) is 10.6 Å². The molecule has 0 radical (unpaired) electrons. The van der Waals surface area contributed by atoms with Gasteiger partial charge in [0.25, 0.3) is 11.5 Å². The van der Waals surface area contributed by atoms with E-state index < -0.39 is 0 Å². The lowest BCUT2D eigenvalue weighted by Crippen LogP contribution is -2.38. The first kappa shape index (κ1) is 16.7. The number of nitrogens with zero attached hydrogens (tertiary/aromatic N) is 3. The molecule has 5 heteroatoms. The molecule has 0 saturated carbocycles. The maximum absolute atomic E-state index is 12.7. The molecule has 1 aliphatic rings. The Hall–Kier alpha value is -1.62. The fourth-order valence-corrected chi connectivity index (χ4v) is 3.20. The molecular weight excluding hydrogens is 278 g/mol. The predicted molar refractivity (Wildman–Crippen MR) is 88.3 cm³/mol. The van der Waals surface area contributed by atoms with E-state index in [2.05, 4.69) is 19.0 Å². The van der Waals surface area contributed by atoms with Crippen LogP contribution >= 0.6 is 0 Å². The summed E-state index contributed by atoms with van der Waals surface area (Å²) >= 11 is 0. The molecule has 0 bridgehead atoms. The largest absolute Gasteiger partial charge is 0.338 e. The summed E-state index contributed by atoms with van der Waals surface area (Å²) in [5, 5.41) is 0. The number of aromatic nitrogens is 1. The molecule has 2 heterocycles. The lowest BCUT2D eigenvalue weighted by molar-refractivity contribution is 0.0756. The van der Waals surface area contributed by atoms with Crippen LogP contribution in [0.25, 0.3) is 0 Å². The standard InChI is InChI=1S/C17H27N3O2/c1-5-20-13(2)8-9-15(17(20)22)16(21)19-11-6-7-14(10-12-19)18(3)4/h8-9,14H,5-7,10-12H2,1-4H3. The first-order chi connectivity index (χ1) is 10.5. The minimum Gasteiger partial charge on any atom is -0.338 e. The molecule has 1 amide bonds. The van der Waals surface area contributed by atoms with Gasteiger partial charge < -0.3 is 14.4 Å². The number of hydrogen-bond acceptors (Lipinski definition) is 3. The second kappa shape index (κ2) is 7.09. The molecule has 1 atom stereocenters. The molecule has 1 unspecified atom stereocenters. The van der Waals surface area contributed by atoms with Crippen LogP contribution in [0.15, 0.2) is 16.9 Å². The second-order valence-corrected chi connectivity index (χ2v) is 6.28. The normalized spacial score (nSPS) is 19.3. The Bertz CT molecular complexity index is 592. The van der Waals surface area contributed by atoms with E-state index in [9.17, 15) is 9.59 Å². The SMILES string of the molecule is CCn1c(C)ccc(C(=O)N2CCCC(N(C)C)CC2)c1=O. The lowest BCUT2D eigenvalue weighted by Gasteiger charge is -2.23.